The first kappa shape index (κ1) is 21.5. The van der Waals surface area contributed by atoms with Crippen molar-refractivity contribution in [3.05, 3.63) is 12.2 Å². The van der Waals surface area contributed by atoms with Crippen molar-refractivity contribution in [2.45, 2.75) is 32.2 Å². The number of nitrogens with zero attached hydrogens (tertiary/aromatic N) is 1. The maximum atomic E-state index is 10.6. The topological polar surface area (TPSA) is 102 Å². The van der Waals surface area contributed by atoms with Gasteiger partial charge in [0.05, 0.1) is 5.84 Å². The lowest BCUT2D eigenvalue weighted by atomic mass is 10.0. The molecule has 0 rings (SSSR count). The number of hydrogen-bond acceptors (Lipinski definition) is 3. The molecule has 0 heterocycles. The highest BCUT2D eigenvalue weighted by Crippen LogP contribution is 2.03. The number of unbranched alkanes of at least 4 members (excludes halogenated alkanes) is 1. The maximum absolute atomic E-state index is 10.6. The number of aliphatic imine (C=N–C) groups is 1. The van der Waals surface area contributed by atoms with Gasteiger partial charge < -0.3 is 16.6 Å². The van der Waals surface area contributed by atoms with Crippen molar-refractivity contribution in [1.82, 2.24) is 0 Å². The molecule has 0 aromatic carbocycles. The molecule has 0 radical (unpaired) electrons. The van der Waals surface area contributed by atoms with E-state index >= 15 is 0 Å². The molecular formula is C10H21Cl2N3O2. The monoisotopic (exact) mass is 285 g/mol. The van der Waals surface area contributed by atoms with E-state index in [-0.39, 0.29) is 24.8 Å². The third-order valence-electron chi connectivity index (χ3n) is 1.82. The van der Waals surface area contributed by atoms with Crippen LogP contribution in [0.1, 0.15) is 26.7 Å². The fourth-order valence-electron chi connectivity index (χ4n) is 0.864. The number of hydrogen-bond donors (Lipinski definition) is 3. The van der Waals surface area contributed by atoms with Gasteiger partial charge in [-0.1, -0.05) is 12.2 Å². The molecular weight excluding hydrogens is 265 g/mol. The van der Waals surface area contributed by atoms with E-state index in [9.17, 15) is 4.79 Å². The van der Waals surface area contributed by atoms with Crippen LogP contribution in [-0.2, 0) is 4.79 Å². The van der Waals surface area contributed by atoms with Gasteiger partial charge in [0.2, 0.25) is 0 Å². The summed E-state index contributed by atoms with van der Waals surface area (Å²) < 4.78 is 0. The molecule has 0 aliphatic rings. The molecule has 102 valence electrons. The zero-order chi connectivity index (χ0) is 11.9. The molecule has 0 unspecified atom stereocenters. The van der Waals surface area contributed by atoms with Crippen LogP contribution in [0, 0.1) is 0 Å². The molecule has 5 N–H and O–H groups in total. The van der Waals surface area contributed by atoms with Crippen molar-refractivity contribution in [2.75, 3.05) is 6.54 Å². The van der Waals surface area contributed by atoms with Crippen molar-refractivity contribution < 1.29 is 9.90 Å². The Morgan fingerprint density at radius 3 is 2.41 bits per heavy atom. The number of halogens is 2. The minimum atomic E-state index is -1.28. The number of nitrogens with two attached hydrogens (primary N) is 2. The van der Waals surface area contributed by atoms with Crippen LogP contribution in [0.4, 0.5) is 0 Å². The van der Waals surface area contributed by atoms with Crippen molar-refractivity contribution in [3.63, 3.8) is 0 Å². The molecule has 17 heavy (non-hydrogen) atoms. The van der Waals surface area contributed by atoms with Gasteiger partial charge in [-0.05, 0) is 26.7 Å². The van der Waals surface area contributed by atoms with E-state index in [0.29, 0.717) is 12.4 Å². The highest BCUT2D eigenvalue weighted by Gasteiger charge is 2.23. The summed E-state index contributed by atoms with van der Waals surface area (Å²) in [5.74, 6) is -0.470. The molecule has 0 aromatic rings. The van der Waals surface area contributed by atoms with Crippen LogP contribution >= 0.6 is 24.8 Å². The summed E-state index contributed by atoms with van der Waals surface area (Å²) in [6, 6.07) is 0. The first-order valence-electron chi connectivity index (χ1n) is 4.83. The predicted molar refractivity (Wildman–Crippen MR) is 75.3 cm³/mol. The molecule has 0 saturated heterocycles. The summed E-state index contributed by atoms with van der Waals surface area (Å²) in [4.78, 5) is 14.6. The summed E-state index contributed by atoms with van der Waals surface area (Å²) in [5, 5.41) is 8.70. The van der Waals surface area contributed by atoms with Gasteiger partial charge in [0.1, 0.15) is 5.54 Å². The van der Waals surface area contributed by atoms with E-state index < -0.39 is 11.5 Å². The van der Waals surface area contributed by atoms with Gasteiger partial charge in [-0.15, -0.1) is 24.8 Å². The quantitative estimate of drug-likeness (QED) is 0.297. The number of carboxylic acid groups (broad SMARTS) is 1. The average Bonchev–Trinajstić information content (AvgIpc) is 2.10. The molecule has 1 atom stereocenters. The zero-order valence-electron chi connectivity index (χ0n) is 10.0. The lowest BCUT2D eigenvalue weighted by molar-refractivity contribution is -0.140. The standard InChI is InChI=1S/C10H19N3O2.2ClH/c1-8(11)13-7-5-3-4-6-10(2,12)9(14)15;;/h4,6H,3,5,7,12H2,1-2H3,(H2,11,13)(H,14,15);2*1H/b6-4-;;/t10-;;/m1../s1. The predicted octanol–water partition coefficient (Wildman–Crippen LogP) is 1.35. The van der Waals surface area contributed by atoms with E-state index in [1.807, 2.05) is 0 Å². The SMILES string of the molecule is CC(N)=NCCC/C=C\[C@@](C)(N)C(=O)O.Cl.Cl. The Labute approximate surface area is 114 Å². The minimum Gasteiger partial charge on any atom is -0.480 e. The normalized spacial score (nSPS) is 14.6. The maximum Gasteiger partial charge on any atom is 0.327 e. The number of carbonyl (C=O) groups is 1. The van der Waals surface area contributed by atoms with Crippen LogP contribution in [0.15, 0.2) is 17.1 Å². The van der Waals surface area contributed by atoms with Crippen LogP contribution in [-0.4, -0.2) is 29.0 Å². The number of allylic oxidation sites excluding steroid dienone is 1. The van der Waals surface area contributed by atoms with E-state index in [1.165, 1.54) is 13.0 Å². The Balaban J connectivity index is -0.000000980. The van der Waals surface area contributed by atoms with Crippen molar-refractivity contribution in [2.24, 2.45) is 16.5 Å². The van der Waals surface area contributed by atoms with Gasteiger partial charge in [0, 0.05) is 6.54 Å². The van der Waals surface area contributed by atoms with Crippen molar-refractivity contribution in [3.8, 4) is 0 Å². The van der Waals surface area contributed by atoms with Gasteiger partial charge in [0.25, 0.3) is 0 Å². The van der Waals surface area contributed by atoms with Gasteiger partial charge >= 0.3 is 5.97 Å². The summed E-state index contributed by atoms with van der Waals surface area (Å²) in [5.41, 5.74) is 9.55. The second kappa shape index (κ2) is 10.4. The molecule has 0 fully saturated rings. The summed E-state index contributed by atoms with van der Waals surface area (Å²) in [6.07, 6.45) is 4.83. The Kier molecular flexibility index (Phi) is 13.1. The van der Waals surface area contributed by atoms with Crippen LogP contribution in [0.5, 0.6) is 0 Å². The van der Waals surface area contributed by atoms with Crippen molar-refractivity contribution in [1.29, 1.82) is 0 Å². The largest absolute Gasteiger partial charge is 0.480 e. The molecule has 0 bridgehead atoms. The second-order valence-electron chi connectivity index (χ2n) is 3.66. The number of aliphatic carboxylic acids is 1. The third kappa shape index (κ3) is 11.5. The first-order valence-corrected chi connectivity index (χ1v) is 4.83. The van der Waals surface area contributed by atoms with Crippen LogP contribution in [0.2, 0.25) is 0 Å². The average molecular weight is 286 g/mol. The molecule has 0 aromatic heterocycles. The summed E-state index contributed by atoms with van der Waals surface area (Å²) >= 11 is 0. The minimum absolute atomic E-state index is 0. The molecule has 0 aliphatic carbocycles. The second-order valence-corrected chi connectivity index (χ2v) is 3.66. The molecule has 0 amide bonds. The van der Waals surface area contributed by atoms with Gasteiger partial charge in [-0.25, -0.2) is 4.79 Å². The molecule has 5 nitrogen and oxygen atoms in total. The molecule has 7 heteroatoms. The molecule has 0 spiro atoms. The van der Waals surface area contributed by atoms with E-state index in [2.05, 4.69) is 4.99 Å². The highest BCUT2D eigenvalue weighted by molar-refractivity contribution is 5.85. The van der Waals surface area contributed by atoms with E-state index in [0.717, 1.165) is 12.8 Å². The Hall–Kier alpha value is -0.780. The Morgan fingerprint density at radius 2 is 2.00 bits per heavy atom. The van der Waals surface area contributed by atoms with Gasteiger partial charge in [-0.2, -0.15) is 0 Å². The van der Waals surface area contributed by atoms with Crippen LogP contribution in [0.3, 0.4) is 0 Å². The van der Waals surface area contributed by atoms with Crippen molar-refractivity contribution >= 4 is 36.6 Å². The summed E-state index contributed by atoms with van der Waals surface area (Å²) in [6.45, 7) is 3.84. The lowest BCUT2D eigenvalue weighted by Gasteiger charge is -2.12. The third-order valence-corrected chi connectivity index (χ3v) is 1.82. The van der Waals surface area contributed by atoms with Gasteiger partial charge in [-0.3, -0.25) is 4.99 Å². The molecule has 0 aliphatic heterocycles. The fourth-order valence-corrected chi connectivity index (χ4v) is 0.864. The number of amidine groups is 1. The zero-order valence-corrected chi connectivity index (χ0v) is 11.7. The number of rotatable bonds is 6. The lowest BCUT2D eigenvalue weighted by Crippen LogP contribution is -2.42. The summed E-state index contributed by atoms with van der Waals surface area (Å²) in [7, 11) is 0. The Bertz CT molecular complexity index is 275. The number of carboxylic acids is 1. The highest BCUT2D eigenvalue weighted by atomic mass is 35.5. The van der Waals surface area contributed by atoms with E-state index in [4.69, 9.17) is 16.6 Å². The van der Waals surface area contributed by atoms with Gasteiger partial charge in [0.15, 0.2) is 0 Å². The first-order chi connectivity index (χ1) is 6.86. The van der Waals surface area contributed by atoms with Crippen LogP contribution in [0.25, 0.3) is 0 Å². The van der Waals surface area contributed by atoms with Crippen LogP contribution < -0.4 is 11.5 Å². The van der Waals surface area contributed by atoms with E-state index in [1.54, 1.807) is 13.0 Å². The molecule has 0 saturated carbocycles. The smallest absolute Gasteiger partial charge is 0.327 e. The Morgan fingerprint density at radius 1 is 1.47 bits per heavy atom. The fraction of sp³-hybridized carbons (Fsp3) is 0.600.